The molecule has 0 radical (unpaired) electrons. The fourth-order valence-corrected chi connectivity index (χ4v) is 1.77. The molecule has 0 amide bonds. The summed E-state index contributed by atoms with van der Waals surface area (Å²) in [7, 11) is 0. The summed E-state index contributed by atoms with van der Waals surface area (Å²) >= 11 is 0. The normalized spacial score (nSPS) is 12.2. The molecule has 0 fully saturated rings. The summed E-state index contributed by atoms with van der Waals surface area (Å²) in [5, 5.41) is 7.47. The van der Waals surface area contributed by atoms with Gasteiger partial charge in [0.15, 0.2) is 0 Å². The minimum atomic E-state index is 0.0327. The monoisotopic (exact) mass is 249 g/mol. The largest absolute Gasteiger partial charge is 0.387 e. The third kappa shape index (κ3) is 3.68. The fourth-order valence-electron chi connectivity index (χ4n) is 1.77. The Morgan fingerprint density at radius 1 is 1.44 bits per heavy atom. The van der Waals surface area contributed by atoms with Crippen LogP contribution in [0.4, 0.5) is 5.82 Å². The minimum Gasteiger partial charge on any atom is -0.387 e. The van der Waals surface area contributed by atoms with Gasteiger partial charge in [0.2, 0.25) is 0 Å². The molecule has 0 aliphatic rings. The number of anilines is 1. The zero-order chi connectivity index (χ0) is 13.7. The molecule has 100 valence electrons. The van der Waals surface area contributed by atoms with E-state index in [0.29, 0.717) is 6.54 Å². The molecule has 1 rings (SSSR count). The Morgan fingerprint density at radius 3 is 2.61 bits per heavy atom. The number of hydrogen-bond acceptors (Lipinski definition) is 4. The van der Waals surface area contributed by atoms with Crippen LogP contribution in [0.15, 0.2) is 6.07 Å². The van der Waals surface area contributed by atoms with E-state index in [2.05, 4.69) is 28.7 Å². The second kappa shape index (κ2) is 6.33. The molecule has 0 aliphatic carbocycles. The molecule has 3 N–H and O–H groups in total. The molecular formula is C13H23N5. The number of nitrogens with two attached hydrogens (primary N) is 1. The first-order valence-electron chi connectivity index (χ1n) is 6.41. The highest BCUT2D eigenvalue weighted by Gasteiger charge is 2.14. The molecule has 0 spiro atoms. The van der Waals surface area contributed by atoms with Gasteiger partial charge < -0.3 is 10.6 Å². The molecule has 1 heterocycles. The Bertz CT molecular complexity index is 416. The summed E-state index contributed by atoms with van der Waals surface area (Å²) in [6.07, 6.45) is 0.899. The number of rotatable bonds is 6. The first-order chi connectivity index (χ1) is 8.47. The maximum atomic E-state index is 7.47. The molecule has 0 bridgehead atoms. The Morgan fingerprint density at radius 2 is 2.11 bits per heavy atom. The van der Waals surface area contributed by atoms with Crippen molar-refractivity contribution in [1.29, 1.82) is 5.41 Å². The first kappa shape index (κ1) is 14.4. The molecule has 1 atom stereocenters. The topological polar surface area (TPSA) is 78.9 Å². The molecule has 1 unspecified atom stereocenters. The van der Waals surface area contributed by atoms with Gasteiger partial charge in [0.05, 0.1) is 5.84 Å². The van der Waals surface area contributed by atoms with Gasteiger partial charge in [-0.05, 0) is 20.3 Å². The molecule has 0 aliphatic heterocycles. The number of aromatic nitrogens is 2. The van der Waals surface area contributed by atoms with Crippen LogP contribution >= 0.6 is 0 Å². The number of nitrogens with zero attached hydrogens (tertiary/aromatic N) is 3. The van der Waals surface area contributed by atoms with Crippen LogP contribution in [-0.2, 0) is 6.42 Å². The SMILES string of the molecule is CCc1cc(N(CC)CC(C)C(=N)N)nc(C)n1. The lowest BCUT2D eigenvalue weighted by Gasteiger charge is -2.25. The van der Waals surface area contributed by atoms with Crippen molar-refractivity contribution in [2.24, 2.45) is 11.7 Å². The van der Waals surface area contributed by atoms with Crippen LogP contribution in [0.2, 0.25) is 0 Å². The van der Waals surface area contributed by atoms with E-state index in [0.717, 1.165) is 30.3 Å². The van der Waals surface area contributed by atoms with Gasteiger partial charge in [-0.1, -0.05) is 13.8 Å². The zero-order valence-electron chi connectivity index (χ0n) is 11.7. The van der Waals surface area contributed by atoms with E-state index in [9.17, 15) is 0 Å². The van der Waals surface area contributed by atoms with E-state index >= 15 is 0 Å². The van der Waals surface area contributed by atoms with Gasteiger partial charge in [-0.2, -0.15) is 0 Å². The van der Waals surface area contributed by atoms with Crippen molar-refractivity contribution in [3.8, 4) is 0 Å². The van der Waals surface area contributed by atoms with Crippen LogP contribution in [-0.4, -0.2) is 28.9 Å². The van der Waals surface area contributed by atoms with Crippen molar-refractivity contribution in [3.63, 3.8) is 0 Å². The van der Waals surface area contributed by atoms with Crippen molar-refractivity contribution in [1.82, 2.24) is 9.97 Å². The van der Waals surface area contributed by atoms with Crippen LogP contribution < -0.4 is 10.6 Å². The summed E-state index contributed by atoms with van der Waals surface area (Å²) in [5.41, 5.74) is 6.57. The van der Waals surface area contributed by atoms with Crippen molar-refractivity contribution >= 4 is 11.7 Å². The van der Waals surface area contributed by atoms with E-state index in [1.165, 1.54) is 0 Å². The second-order valence-electron chi connectivity index (χ2n) is 4.51. The lowest BCUT2D eigenvalue weighted by molar-refractivity contribution is 0.686. The molecule has 1 aromatic heterocycles. The highest BCUT2D eigenvalue weighted by Crippen LogP contribution is 2.14. The van der Waals surface area contributed by atoms with E-state index in [-0.39, 0.29) is 11.8 Å². The van der Waals surface area contributed by atoms with Crippen LogP contribution in [0, 0.1) is 18.3 Å². The van der Waals surface area contributed by atoms with Crippen molar-refractivity contribution in [2.75, 3.05) is 18.0 Å². The van der Waals surface area contributed by atoms with Gasteiger partial charge >= 0.3 is 0 Å². The number of hydrogen-bond donors (Lipinski definition) is 2. The average molecular weight is 249 g/mol. The third-order valence-corrected chi connectivity index (χ3v) is 2.97. The summed E-state index contributed by atoms with van der Waals surface area (Å²) in [6.45, 7) is 9.59. The van der Waals surface area contributed by atoms with Crippen LogP contribution in [0.1, 0.15) is 32.3 Å². The van der Waals surface area contributed by atoms with E-state index in [1.807, 2.05) is 19.9 Å². The first-order valence-corrected chi connectivity index (χ1v) is 6.41. The van der Waals surface area contributed by atoms with E-state index in [1.54, 1.807) is 0 Å². The molecular weight excluding hydrogens is 226 g/mol. The van der Waals surface area contributed by atoms with Gasteiger partial charge in [0.1, 0.15) is 11.6 Å². The predicted molar refractivity (Wildman–Crippen MR) is 75.1 cm³/mol. The Kier molecular flexibility index (Phi) is 5.07. The molecule has 0 saturated heterocycles. The summed E-state index contributed by atoms with van der Waals surface area (Å²) in [5.74, 6) is 1.97. The maximum Gasteiger partial charge on any atom is 0.132 e. The van der Waals surface area contributed by atoms with Crippen molar-refractivity contribution in [2.45, 2.75) is 34.1 Å². The standard InChI is InChI=1S/C13H23N5/c1-5-11-7-12(17-10(4)16-11)18(6-2)8-9(3)13(14)15/h7,9H,5-6,8H2,1-4H3,(H3,14,15). The number of nitrogens with one attached hydrogen (secondary N) is 1. The van der Waals surface area contributed by atoms with Gasteiger partial charge in [0, 0.05) is 30.8 Å². The Hall–Kier alpha value is -1.65. The average Bonchev–Trinajstić information content (AvgIpc) is 2.34. The Balaban J connectivity index is 2.94. The molecule has 5 heteroatoms. The predicted octanol–water partition coefficient (Wildman–Crippen LogP) is 1.75. The lowest BCUT2D eigenvalue weighted by Crippen LogP contribution is -2.35. The number of amidine groups is 1. The smallest absolute Gasteiger partial charge is 0.132 e. The van der Waals surface area contributed by atoms with Crippen LogP contribution in [0.5, 0.6) is 0 Å². The molecule has 0 aromatic carbocycles. The highest BCUT2D eigenvalue weighted by molar-refractivity contribution is 5.79. The molecule has 0 saturated carbocycles. The summed E-state index contributed by atoms with van der Waals surface area (Å²) in [6, 6.07) is 2.02. The lowest BCUT2D eigenvalue weighted by atomic mass is 10.1. The van der Waals surface area contributed by atoms with E-state index in [4.69, 9.17) is 11.1 Å². The Labute approximate surface area is 109 Å². The molecule has 18 heavy (non-hydrogen) atoms. The van der Waals surface area contributed by atoms with Gasteiger partial charge in [0.25, 0.3) is 0 Å². The highest BCUT2D eigenvalue weighted by atomic mass is 15.2. The van der Waals surface area contributed by atoms with Crippen LogP contribution in [0.3, 0.4) is 0 Å². The fraction of sp³-hybridized carbons (Fsp3) is 0.615. The van der Waals surface area contributed by atoms with E-state index < -0.39 is 0 Å². The van der Waals surface area contributed by atoms with Crippen LogP contribution in [0.25, 0.3) is 0 Å². The maximum absolute atomic E-state index is 7.47. The minimum absolute atomic E-state index is 0.0327. The summed E-state index contributed by atoms with van der Waals surface area (Å²) < 4.78 is 0. The number of aryl methyl sites for hydroxylation is 2. The zero-order valence-corrected chi connectivity index (χ0v) is 11.7. The van der Waals surface area contributed by atoms with Gasteiger partial charge in [-0.15, -0.1) is 0 Å². The molecule has 1 aromatic rings. The summed E-state index contributed by atoms with van der Waals surface area (Å²) in [4.78, 5) is 11.0. The quantitative estimate of drug-likeness (QED) is 0.594. The van der Waals surface area contributed by atoms with Crippen molar-refractivity contribution < 1.29 is 0 Å². The van der Waals surface area contributed by atoms with Crippen molar-refractivity contribution in [3.05, 3.63) is 17.6 Å². The second-order valence-corrected chi connectivity index (χ2v) is 4.51. The van der Waals surface area contributed by atoms with Gasteiger partial charge in [-0.25, -0.2) is 9.97 Å². The van der Waals surface area contributed by atoms with Gasteiger partial charge in [-0.3, -0.25) is 5.41 Å². The molecule has 5 nitrogen and oxygen atoms in total. The third-order valence-electron chi connectivity index (χ3n) is 2.97.